The van der Waals surface area contributed by atoms with Crippen molar-refractivity contribution in [1.82, 2.24) is 4.90 Å². The minimum atomic E-state index is -0.629. The number of hydrogen-bond donors (Lipinski definition) is 2. The van der Waals surface area contributed by atoms with Gasteiger partial charge in [-0.15, -0.1) is 0 Å². The number of para-hydroxylation sites is 1. The lowest BCUT2D eigenvalue weighted by Gasteiger charge is -2.24. The molecule has 3 N–H and O–H groups in total. The third kappa shape index (κ3) is 3.49. The number of nitrogens with two attached hydrogens (primary N) is 1. The van der Waals surface area contributed by atoms with E-state index in [0.29, 0.717) is 25.1 Å². The van der Waals surface area contributed by atoms with Crippen LogP contribution in [-0.2, 0) is 4.79 Å². The second-order valence-electron chi connectivity index (χ2n) is 6.04. The number of nitrogens with zero attached hydrogens (tertiary/aromatic N) is 2. The molecule has 1 aliphatic heterocycles. The zero-order valence-electron chi connectivity index (χ0n) is 13.9. The highest BCUT2D eigenvalue weighted by molar-refractivity contribution is 6.02. The molecule has 1 fully saturated rings. The number of carbonyl (C=O) groups is 2. The molecule has 0 aromatic heterocycles. The van der Waals surface area contributed by atoms with Crippen LogP contribution >= 0.6 is 0 Å². The lowest BCUT2D eigenvalue weighted by atomic mass is 10.1. The summed E-state index contributed by atoms with van der Waals surface area (Å²) in [5.74, 6) is -0.689. The predicted molar refractivity (Wildman–Crippen MR) is 96.6 cm³/mol. The minimum Gasteiger partial charge on any atom is -0.393 e. The van der Waals surface area contributed by atoms with Crippen LogP contribution in [0.15, 0.2) is 48.5 Å². The van der Waals surface area contributed by atoms with E-state index in [1.807, 2.05) is 6.07 Å². The summed E-state index contributed by atoms with van der Waals surface area (Å²) >= 11 is 0. The van der Waals surface area contributed by atoms with Crippen molar-refractivity contribution in [3.8, 4) is 0 Å². The molecule has 0 aliphatic carbocycles. The molecule has 1 unspecified atom stereocenters. The Labute approximate surface area is 149 Å². The Kier molecular flexibility index (Phi) is 4.83. The second kappa shape index (κ2) is 7.22. The average Bonchev–Trinajstić information content (AvgIpc) is 3.12. The van der Waals surface area contributed by atoms with Gasteiger partial charge in [0.1, 0.15) is 11.7 Å². The fraction of sp³-hybridized carbons (Fsp3) is 0.222. The number of benzene rings is 2. The van der Waals surface area contributed by atoms with Gasteiger partial charge in [-0.25, -0.2) is 0 Å². The number of nitro benzene ring substituents is 1. The first-order valence-electron chi connectivity index (χ1n) is 8.18. The summed E-state index contributed by atoms with van der Waals surface area (Å²) in [5, 5.41) is 13.8. The third-order valence-corrected chi connectivity index (χ3v) is 4.33. The van der Waals surface area contributed by atoms with Crippen LogP contribution < -0.4 is 11.1 Å². The Bertz CT molecular complexity index is 854. The molecule has 8 nitrogen and oxygen atoms in total. The van der Waals surface area contributed by atoms with Gasteiger partial charge in [-0.2, -0.15) is 0 Å². The predicted octanol–water partition coefficient (Wildman–Crippen LogP) is 2.42. The van der Waals surface area contributed by atoms with Gasteiger partial charge in [0.2, 0.25) is 5.91 Å². The Morgan fingerprint density at radius 2 is 1.92 bits per heavy atom. The van der Waals surface area contributed by atoms with Crippen LogP contribution in [0.5, 0.6) is 0 Å². The Balaban J connectivity index is 1.79. The number of nitrogens with one attached hydrogen (secondary N) is 1. The molecule has 0 bridgehead atoms. The first kappa shape index (κ1) is 17.4. The topological polar surface area (TPSA) is 119 Å². The minimum absolute atomic E-state index is 0.00802. The van der Waals surface area contributed by atoms with Crippen LogP contribution in [-0.4, -0.2) is 34.2 Å². The summed E-state index contributed by atoms with van der Waals surface area (Å²) in [6.45, 7) is 0.421. The Morgan fingerprint density at radius 1 is 1.19 bits per heavy atom. The highest BCUT2D eigenvalue weighted by atomic mass is 16.6. The first-order valence-corrected chi connectivity index (χ1v) is 8.18. The van der Waals surface area contributed by atoms with E-state index >= 15 is 0 Å². The number of hydrogen-bond acceptors (Lipinski definition) is 5. The maximum atomic E-state index is 12.8. The van der Waals surface area contributed by atoms with Gasteiger partial charge in [0.15, 0.2) is 0 Å². The van der Waals surface area contributed by atoms with Crippen LogP contribution in [0.1, 0.15) is 23.2 Å². The molecule has 2 amide bonds. The summed E-state index contributed by atoms with van der Waals surface area (Å²) in [4.78, 5) is 37.2. The molecule has 1 heterocycles. The largest absolute Gasteiger partial charge is 0.393 e. The SMILES string of the molecule is Nc1ccc(C(=O)N2CCCC2C(=O)Nc2ccccc2)cc1[N+](=O)[O-]. The van der Waals surface area contributed by atoms with E-state index in [4.69, 9.17) is 5.73 Å². The molecule has 134 valence electrons. The summed E-state index contributed by atoms with van der Waals surface area (Å²) in [6.07, 6.45) is 1.23. The fourth-order valence-corrected chi connectivity index (χ4v) is 3.03. The lowest BCUT2D eigenvalue weighted by molar-refractivity contribution is -0.383. The van der Waals surface area contributed by atoms with Gasteiger partial charge in [0, 0.05) is 23.9 Å². The maximum Gasteiger partial charge on any atom is 0.292 e. The normalized spacial score (nSPS) is 16.3. The molecule has 1 aliphatic rings. The van der Waals surface area contributed by atoms with E-state index in [2.05, 4.69) is 5.32 Å². The van der Waals surface area contributed by atoms with Gasteiger partial charge < -0.3 is 16.0 Å². The highest BCUT2D eigenvalue weighted by Crippen LogP contribution is 2.26. The number of rotatable bonds is 4. The molecule has 0 radical (unpaired) electrons. The quantitative estimate of drug-likeness (QED) is 0.496. The van der Waals surface area contributed by atoms with Crippen molar-refractivity contribution in [2.45, 2.75) is 18.9 Å². The molecule has 1 saturated heterocycles. The van der Waals surface area contributed by atoms with E-state index in [1.165, 1.54) is 17.0 Å². The fourth-order valence-electron chi connectivity index (χ4n) is 3.03. The number of carbonyl (C=O) groups excluding carboxylic acids is 2. The summed E-state index contributed by atoms with van der Waals surface area (Å²) < 4.78 is 0. The smallest absolute Gasteiger partial charge is 0.292 e. The van der Waals surface area contributed by atoms with Gasteiger partial charge in [0.25, 0.3) is 11.6 Å². The van der Waals surface area contributed by atoms with E-state index in [0.717, 1.165) is 6.07 Å². The Hall–Kier alpha value is -3.42. The lowest BCUT2D eigenvalue weighted by Crippen LogP contribution is -2.43. The molecular weight excluding hydrogens is 336 g/mol. The molecule has 0 saturated carbocycles. The van der Waals surface area contributed by atoms with Crippen molar-refractivity contribution < 1.29 is 14.5 Å². The third-order valence-electron chi connectivity index (χ3n) is 4.33. The zero-order valence-corrected chi connectivity index (χ0v) is 13.9. The molecule has 8 heteroatoms. The summed E-state index contributed by atoms with van der Waals surface area (Å²) in [7, 11) is 0. The van der Waals surface area contributed by atoms with Crippen molar-refractivity contribution in [1.29, 1.82) is 0 Å². The van der Waals surface area contributed by atoms with Crippen LogP contribution in [0, 0.1) is 10.1 Å². The van der Waals surface area contributed by atoms with Gasteiger partial charge in [-0.1, -0.05) is 18.2 Å². The number of anilines is 2. The van der Waals surface area contributed by atoms with Crippen LogP contribution in [0.2, 0.25) is 0 Å². The molecule has 2 aromatic carbocycles. The molecule has 2 aromatic rings. The van der Waals surface area contributed by atoms with Crippen LogP contribution in [0.4, 0.5) is 17.1 Å². The van der Waals surface area contributed by atoms with E-state index in [1.54, 1.807) is 24.3 Å². The summed E-state index contributed by atoms with van der Waals surface area (Å²) in [6, 6.07) is 12.3. The number of likely N-dealkylation sites (tertiary alicyclic amines) is 1. The number of nitrogen functional groups attached to an aromatic ring is 1. The molecule has 3 rings (SSSR count). The maximum absolute atomic E-state index is 12.8. The Morgan fingerprint density at radius 3 is 2.62 bits per heavy atom. The summed E-state index contributed by atoms with van der Waals surface area (Å²) in [5.41, 5.74) is 6.04. The van der Waals surface area contributed by atoms with Gasteiger partial charge in [-0.05, 0) is 37.1 Å². The monoisotopic (exact) mass is 354 g/mol. The van der Waals surface area contributed by atoms with E-state index < -0.39 is 16.9 Å². The second-order valence-corrected chi connectivity index (χ2v) is 6.04. The molecule has 0 spiro atoms. The standard InChI is InChI=1S/C18H18N4O4/c19-14-9-8-12(11-16(14)22(25)26)18(24)21-10-4-7-15(21)17(23)20-13-5-2-1-3-6-13/h1-3,5-6,8-9,11,15H,4,7,10,19H2,(H,20,23). The van der Waals surface area contributed by atoms with Gasteiger partial charge in [0.05, 0.1) is 4.92 Å². The first-order chi connectivity index (χ1) is 12.5. The van der Waals surface area contributed by atoms with Crippen molar-refractivity contribution in [3.05, 3.63) is 64.2 Å². The van der Waals surface area contributed by atoms with Crippen molar-refractivity contribution in [2.24, 2.45) is 0 Å². The highest BCUT2D eigenvalue weighted by Gasteiger charge is 2.35. The van der Waals surface area contributed by atoms with Crippen LogP contribution in [0.3, 0.4) is 0 Å². The van der Waals surface area contributed by atoms with Gasteiger partial charge >= 0.3 is 0 Å². The number of nitro groups is 1. The zero-order chi connectivity index (χ0) is 18.7. The van der Waals surface area contributed by atoms with Gasteiger partial charge in [-0.3, -0.25) is 19.7 Å². The molecule has 26 heavy (non-hydrogen) atoms. The molecule has 1 atom stereocenters. The van der Waals surface area contributed by atoms with E-state index in [-0.39, 0.29) is 22.8 Å². The van der Waals surface area contributed by atoms with Crippen molar-refractivity contribution in [3.63, 3.8) is 0 Å². The van der Waals surface area contributed by atoms with Crippen molar-refractivity contribution in [2.75, 3.05) is 17.6 Å². The molecular formula is C18H18N4O4. The van der Waals surface area contributed by atoms with E-state index in [9.17, 15) is 19.7 Å². The number of amides is 2. The average molecular weight is 354 g/mol. The van der Waals surface area contributed by atoms with Crippen molar-refractivity contribution >= 4 is 28.9 Å². The van der Waals surface area contributed by atoms with Crippen LogP contribution in [0.25, 0.3) is 0 Å².